The van der Waals surface area contributed by atoms with Gasteiger partial charge in [-0.15, -0.1) is 0 Å². The number of aromatic nitrogens is 1. The van der Waals surface area contributed by atoms with Crippen LogP contribution in [0.15, 0.2) is 35.1 Å². The first-order valence-corrected chi connectivity index (χ1v) is 6.96. The van der Waals surface area contributed by atoms with E-state index in [1.165, 1.54) is 0 Å². The van der Waals surface area contributed by atoms with Crippen LogP contribution >= 0.6 is 0 Å². The van der Waals surface area contributed by atoms with E-state index in [1.807, 2.05) is 37.3 Å². The summed E-state index contributed by atoms with van der Waals surface area (Å²) in [7, 11) is 1.64. The summed E-state index contributed by atoms with van der Waals surface area (Å²) in [6.45, 7) is 1.98. The minimum absolute atomic E-state index is 0.189. The monoisotopic (exact) mass is 280 g/mol. The average molecular weight is 280 g/mol. The van der Waals surface area contributed by atoms with Crippen molar-refractivity contribution in [1.82, 2.24) is 4.57 Å². The van der Waals surface area contributed by atoms with Gasteiger partial charge in [0.15, 0.2) is 0 Å². The number of rotatable bonds is 3. The number of benzene rings is 1. The maximum absolute atomic E-state index is 12.4. The highest BCUT2D eigenvalue weighted by Gasteiger charge is 2.28. The van der Waals surface area contributed by atoms with E-state index in [0.717, 1.165) is 35.4 Å². The van der Waals surface area contributed by atoms with Gasteiger partial charge in [0.25, 0.3) is 5.56 Å². The number of methoxy groups -OCH3 is 1. The molecule has 4 heteroatoms. The molecule has 106 valence electrons. The predicted octanol–water partition coefficient (Wildman–Crippen LogP) is 3.04. The van der Waals surface area contributed by atoms with Gasteiger partial charge in [-0.25, -0.2) is 0 Å². The zero-order chi connectivity index (χ0) is 15.0. The molecule has 1 aromatic carbocycles. The van der Waals surface area contributed by atoms with Crippen LogP contribution in [0.25, 0.3) is 11.3 Å². The molecule has 0 amide bonds. The van der Waals surface area contributed by atoms with Crippen LogP contribution in [0.5, 0.6) is 5.75 Å². The Morgan fingerprint density at radius 2 is 2.05 bits per heavy atom. The van der Waals surface area contributed by atoms with E-state index in [4.69, 9.17) is 10.00 Å². The van der Waals surface area contributed by atoms with Crippen LogP contribution in [0.1, 0.15) is 30.0 Å². The fourth-order valence-corrected chi connectivity index (χ4v) is 2.61. The largest absolute Gasteiger partial charge is 0.496 e. The van der Waals surface area contributed by atoms with Crippen molar-refractivity contribution in [2.45, 2.75) is 25.8 Å². The maximum Gasteiger partial charge on any atom is 0.269 e. The lowest BCUT2D eigenvalue weighted by molar-refractivity contribution is 0.412. The highest BCUT2D eigenvalue weighted by molar-refractivity contribution is 5.63. The summed E-state index contributed by atoms with van der Waals surface area (Å²) in [6, 6.07) is 11.5. The Hall–Kier alpha value is -2.54. The molecule has 1 aliphatic carbocycles. The summed E-state index contributed by atoms with van der Waals surface area (Å²) in [6.07, 6.45) is 1.99. The SMILES string of the molecule is COc1ccc(-c2ccc(C#N)c(=O)n2C2CC2)cc1C. The van der Waals surface area contributed by atoms with Gasteiger partial charge in [-0.1, -0.05) is 0 Å². The Kier molecular flexibility index (Phi) is 3.26. The molecule has 0 atom stereocenters. The fraction of sp³-hybridized carbons (Fsp3) is 0.294. The molecule has 3 rings (SSSR count). The molecular formula is C17H16N2O2. The van der Waals surface area contributed by atoms with Crippen molar-refractivity contribution in [1.29, 1.82) is 5.26 Å². The molecular weight excluding hydrogens is 264 g/mol. The van der Waals surface area contributed by atoms with Crippen molar-refractivity contribution < 1.29 is 4.74 Å². The fourth-order valence-electron chi connectivity index (χ4n) is 2.61. The zero-order valence-corrected chi connectivity index (χ0v) is 12.1. The van der Waals surface area contributed by atoms with Crippen LogP contribution in [0, 0.1) is 18.3 Å². The lowest BCUT2D eigenvalue weighted by atomic mass is 10.1. The first kappa shape index (κ1) is 13.4. The third kappa shape index (κ3) is 2.31. The summed E-state index contributed by atoms with van der Waals surface area (Å²) in [5.41, 5.74) is 2.88. The molecule has 21 heavy (non-hydrogen) atoms. The smallest absolute Gasteiger partial charge is 0.269 e. The van der Waals surface area contributed by atoms with Gasteiger partial charge < -0.3 is 9.30 Å². The minimum Gasteiger partial charge on any atom is -0.496 e. The van der Waals surface area contributed by atoms with Gasteiger partial charge in [-0.3, -0.25) is 4.79 Å². The van der Waals surface area contributed by atoms with Gasteiger partial charge in [0.2, 0.25) is 0 Å². The summed E-state index contributed by atoms with van der Waals surface area (Å²) >= 11 is 0. The number of hydrogen-bond acceptors (Lipinski definition) is 3. The quantitative estimate of drug-likeness (QED) is 0.868. The topological polar surface area (TPSA) is 55.0 Å². The molecule has 0 aliphatic heterocycles. The molecule has 2 aromatic rings. The Balaban J connectivity index is 2.19. The maximum atomic E-state index is 12.4. The van der Waals surface area contributed by atoms with Gasteiger partial charge in [0.1, 0.15) is 17.4 Å². The number of pyridine rings is 1. The van der Waals surface area contributed by atoms with Gasteiger partial charge in [-0.05, 0) is 61.2 Å². The Bertz CT molecular complexity index is 795. The van der Waals surface area contributed by atoms with Crippen LogP contribution < -0.4 is 10.3 Å². The first-order valence-electron chi connectivity index (χ1n) is 6.96. The predicted molar refractivity (Wildman–Crippen MR) is 80.4 cm³/mol. The van der Waals surface area contributed by atoms with Crippen molar-refractivity contribution in [2.24, 2.45) is 0 Å². The van der Waals surface area contributed by atoms with Crippen molar-refractivity contribution in [3.05, 3.63) is 51.8 Å². The molecule has 1 saturated carbocycles. The summed E-state index contributed by atoms with van der Waals surface area (Å²) in [5.74, 6) is 0.827. The normalized spacial score (nSPS) is 13.8. The second kappa shape index (κ2) is 5.10. The Morgan fingerprint density at radius 3 is 2.62 bits per heavy atom. The molecule has 0 unspecified atom stereocenters. The number of nitriles is 1. The summed E-state index contributed by atoms with van der Waals surface area (Å²) in [5, 5.41) is 9.04. The van der Waals surface area contributed by atoms with Crippen LogP contribution in [0.2, 0.25) is 0 Å². The van der Waals surface area contributed by atoms with Gasteiger partial charge in [0, 0.05) is 6.04 Å². The Labute approximate surface area is 123 Å². The lowest BCUT2D eigenvalue weighted by Crippen LogP contribution is -2.23. The summed E-state index contributed by atoms with van der Waals surface area (Å²) in [4.78, 5) is 12.4. The second-order valence-electron chi connectivity index (χ2n) is 5.33. The first-order chi connectivity index (χ1) is 10.2. The van der Waals surface area contributed by atoms with Crippen LogP contribution in [-0.2, 0) is 0 Å². The minimum atomic E-state index is -0.189. The van der Waals surface area contributed by atoms with E-state index in [-0.39, 0.29) is 17.2 Å². The number of nitrogens with zero attached hydrogens (tertiary/aromatic N) is 2. The summed E-state index contributed by atoms with van der Waals surface area (Å²) < 4.78 is 7.04. The molecule has 0 bridgehead atoms. The lowest BCUT2D eigenvalue weighted by Gasteiger charge is -2.14. The van der Waals surface area contributed by atoms with Crippen molar-refractivity contribution in [2.75, 3.05) is 7.11 Å². The molecule has 0 saturated heterocycles. The highest BCUT2D eigenvalue weighted by atomic mass is 16.5. The van der Waals surface area contributed by atoms with Crippen LogP contribution in [0.4, 0.5) is 0 Å². The molecule has 1 aliphatic rings. The highest BCUT2D eigenvalue weighted by Crippen LogP contribution is 2.37. The van der Waals surface area contributed by atoms with Crippen molar-refractivity contribution >= 4 is 0 Å². The van der Waals surface area contributed by atoms with E-state index in [0.29, 0.717) is 0 Å². The third-order valence-corrected chi connectivity index (χ3v) is 3.84. The molecule has 4 nitrogen and oxygen atoms in total. The second-order valence-corrected chi connectivity index (χ2v) is 5.33. The van der Waals surface area contributed by atoms with Crippen LogP contribution in [-0.4, -0.2) is 11.7 Å². The van der Waals surface area contributed by atoms with Gasteiger partial charge in [0.05, 0.1) is 12.8 Å². The third-order valence-electron chi connectivity index (χ3n) is 3.84. The van der Waals surface area contributed by atoms with E-state index in [1.54, 1.807) is 17.7 Å². The molecule has 1 heterocycles. The van der Waals surface area contributed by atoms with E-state index < -0.39 is 0 Å². The number of hydrogen-bond donors (Lipinski definition) is 0. The number of ether oxygens (including phenoxy) is 1. The zero-order valence-electron chi connectivity index (χ0n) is 12.1. The Morgan fingerprint density at radius 1 is 1.29 bits per heavy atom. The standard InChI is InChI=1S/C17H16N2O2/c1-11-9-12(4-8-16(11)21-2)15-7-3-13(10-18)17(20)19(15)14-5-6-14/h3-4,7-9,14H,5-6H2,1-2H3. The van der Waals surface area contributed by atoms with Crippen molar-refractivity contribution in [3.8, 4) is 23.1 Å². The number of aryl methyl sites for hydroxylation is 1. The van der Waals surface area contributed by atoms with Gasteiger partial charge >= 0.3 is 0 Å². The molecule has 0 radical (unpaired) electrons. The van der Waals surface area contributed by atoms with E-state index >= 15 is 0 Å². The van der Waals surface area contributed by atoms with Gasteiger partial charge in [-0.2, -0.15) is 5.26 Å². The van der Waals surface area contributed by atoms with Crippen molar-refractivity contribution in [3.63, 3.8) is 0 Å². The average Bonchev–Trinajstić information content (AvgIpc) is 3.31. The molecule has 1 fully saturated rings. The molecule has 1 aromatic heterocycles. The van der Waals surface area contributed by atoms with E-state index in [9.17, 15) is 4.79 Å². The molecule has 0 spiro atoms. The molecule has 0 N–H and O–H groups in total. The van der Waals surface area contributed by atoms with E-state index in [2.05, 4.69) is 0 Å². The van der Waals surface area contributed by atoms with Crippen LogP contribution in [0.3, 0.4) is 0 Å².